The second kappa shape index (κ2) is 14.7. The predicted molar refractivity (Wildman–Crippen MR) is 172 cm³/mol. The first-order valence-corrected chi connectivity index (χ1v) is 16.5. The van der Waals surface area contributed by atoms with Gasteiger partial charge in [0.1, 0.15) is 6.10 Å². The molecule has 0 spiro atoms. The minimum Gasteiger partial charge on any atom is -0.481 e. The summed E-state index contributed by atoms with van der Waals surface area (Å²) in [6, 6.07) is 0. The van der Waals surface area contributed by atoms with E-state index in [2.05, 4.69) is 54.2 Å². The van der Waals surface area contributed by atoms with E-state index in [-0.39, 0.29) is 41.0 Å². The number of fused-ring (bicyclic) bond motifs is 4. The highest BCUT2D eigenvalue weighted by molar-refractivity contribution is 5.71. The molecule has 1 saturated carbocycles. The van der Waals surface area contributed by atoms with Gasteiger partial charge in [-0.2, -0.15) is 0 Å². The number of nitrogens with two attached hydrogens (primary N) is 1. The van der Waals surface area contributed by atoms with Crippen LogP contribution in [0.1, 0.15) is 127 Å². The first-order chi connectivity index (χ1) is 19.6. The average Bonchev–Trinajstić information content (AvgIpc) is 3.18. The van der Waals surface area contributed by atoms with E-state index < -0.39 is 5.97 Å². The lowest BCUT2D eigenvalue weighted by atomic mass is 9.48. The number of rotatable bonds is 7. The van der Waals surface area contributed by atoms with Gasteiger partial charge in [0.25, 0.3) is 5.97 Å². The van der Waals surface area contributed by atoms with Gasteiger partial charge in [-0.15, -0.1) is 0 Å². The van der Waals surface area contributed by atoms with Crippen LogP contribution >= 0.6 is 0 Å². The number of aliphatic carboxylic acids is 1. The highest BCUT2D eigenvalue weighted by atomic mass is 16.5. The summed E-state index contributed by atoms with van der Waals surface area (Å²) in [4.78, 5) is 21.1. The second-order valence-electron chi connectivity index (χ2n) is 14.2. The number of aliphatic hydroxyl groups is 1. The Hall–Kier alpha value is -1.92. The fraction of sp³-hybridized carbons (Fsp3) is 0.778. The van der Waals surface area contributed by atoms with E-state index in [0.29, 0.717) is 17.8 Å². The Kier molecular flexibility index (Phi) is 12.7. The highest BCUT2D eigenvalue weighted by Crippen LogP contribution is 2.65. The molecule has 0 aromatic rings. The molecule has 4 aliphatic carbocycles. The van der Waals surface area contributed by atoms with Crippen LogP contribution in [0.2, 0.25) is 0 Å². The Bertz CT molecular complexity index is 1040. The largest absolute Gasteiger partial charge is 0.481 e. The summed E-state index contributed by atoms with van der Waals surface area (Å²) in [5.74, 6) is 0.441. The second-order valence-corrected chi connectivity index (χ2v) is 14.2. The van der Waals surface area contributed by atoms with Gasteiger partial charge in [-0.3, -0.25) is 9.59 Å². The van der Waals surface area contributed by atoms with Gasteiger partial charge in [0, 0.05) is 12.3 Å². The molecule has 3 unspecified atom stereocenters. The normalized spacial score (nSPS) is 32.9. The van der Waals surface area contributed by atoms with E-state index in [0.717, 1.165) is 58.3 Å². The quantitative estimate of drug-likeness (QED) is 0.206. The van der Waals surface area contributed by atoms with Crippen LogP contribution in [0.4, 0.5) is 0 Å². The minimum absolute atomic E-state index is 0.0674. The maximum atomic E-state index is 12.1. The molecule has 0 aromatic carbocycles. The van der Waals surface area contributed by atoms with Crippen LogP contribution in [0.3, 0.4) is 0 Å². The van der Waals surface area contributed by atoms with Gasteiger partial charge in [-0.25, -0.2) is 0 Å². The lowest BCUT2D eigenvalue weighted by molar-refractivity contribution is -0.168. The number of esters is 1. The van der Waals surface area contributed by atoms with Gasteiger partial charge in [0.15, 0.2) is 0 Å². The molecule has 0 heterocycles. The van der Waals surface area contributed by atoms with Gasteiger partial charge >= 0.3 is 5.97 Å². The predicted octanol–water partition coefficient (Wildman–Crippen LogP) is 8.00. The van der Waals surface area contributed by atoms with Crippen molar-refractivity contribution in [3.8, 4) is 0 Å². The zero-order valence-electron chi connectivity index (χ0n) is 28.1. The van der Waals surface area contributed by atoms with Gasteiger partial charge < -0.3 is 20.7 Å². The molecule has 0 bridgehead atoms. The Labute approximate surface area is 256 Å². The Morgan fingerprint density at radius 1 is 1.10 bits per heavy atom. The number of carbonyl (C=O) groups is 2. The smallest absolute Gasteiger partial charge is 0.319 e. The first-order valence-electron chi connectivity index (χ1n) is 16.5. The van der Waals surface area contributed by atoms with Crippen molar-refractivity contribution in [1.82, 2.24) is 0 Å². The molecule has 4 N–H and O–H groups in total. The number of hydrogen-bond donors (Lipinski definition) is 3. The summed E-state index contributed by atoms with van der Waals surface area (Å²) in [5, 5.41) is 19.1. The molecule has 6 nitrogen and oxygen atoms in total. The molecule has 0 aliphatic heterocycles. The van der Waals surface area contributed by atoms with Crippen LogP contribution in [-0.2, 0) is 14.3 Å². The summed E-state index contributed by atoms with van der Waals surface area (Å²) < 4.78 is 5.85. The van der Waals surface area contributed by atoms with Crippen molar-refractivity contribution in [2.24, 2.45) is 39.7 Å². The van der Waals surface area contributed by atoms with Crippen LogP contribution in [0.5, 0.6) is 0 Å². The highest BCUT2D eigenvalue weighted by Gasteiger charge is 2.58. The zero-order chi connectivity index (χ0) is 32.0. The van der Waals surface area contributed by atoms with Gasteiger partial charge in [-0.1, -0.05) is 73.6 Å². The van der Waals surface area contributed by atoms with E-state index in [1.54, 1.807) is 5.57 Å². The molecule has 240 valence electrons. The van der Waals surface area contributed by atoms with Crippen molar-refractivity contribution < 1.29 is 24.5 Å². The Balaban J connectivity index is 0.000000947. The molecule has 6 atom stereocenters. The number of ether oxygens (including phenoxy) is 1. The lowest BCUT2D eigenvalue weighted by Crippen LogP contribution is -2.54. The molecule has 1 fully saturated rings. The summed E-state index contributed by atoms with van der Waals surface area (Å²) in [7, 11) is 0. The van der Waals surface area contributed by atoms with E-state index in [4.69, 9.17) is 20.4 Å². The van der Waals surface area contributed by atoms with Crippen LogP contribution in [0, 0.1) is 34.0 Å². The van der Waals surface area contributed by atoms with E-state index in [9.17, 15) is 9.90 Å². The standard InChI is InChI=1S/C32H51NO3.C2H4O2.C2H6/c1-20(2)21(3)9-8-10-22-11-13-24-23-12-14-26-30(4,5)27(36-28(35)19-33)16-18-32(26,7)29(23)25(34)15-17-31(22,24)6;1-2(3)4;1-2/h13,20,22,25-27,34H,3,8-12,14-19,33H2,1-2,4-7H3;1H3,(H,3,4);1-2H3/t22-,25-,26?,27-,31?,32?;;/m0../s1. The van der Waals surface area contributed by atoms with Crippen LogP contribution < -0.4 is 5.73 Å². The molecule has 42 heavy (non-hydrogen) atoms. The van der Waals surface area contributed by atoms with Crippen molar-refractivity contribution in [1.29, 1.82) is 0 Å². The Morgan fingerprint density at radius 3 is 2.26 bits per heavy atom. The first kappa shape index (κ1) is 36.3. The van der Waals surface area contributed by atoms with Crippen LogP contribution in [-0.4, -0.2) is 40.9 Å². The van der Waals surface area contributed by atoms with Gasteiger partial charge in [0.05, 0.1) is 12.6 Å². The van der Waals surface area contributed by atoms with Crippen molar-refractivity contribution in [3.05, 3.63) is 34.9 Å². The van der Waals surface area contributed by atoms with Crippen molar-refractivity contribution in [2.75, 3.05) is 6.54 Å². The molecule has 4 rings (SSSR count). The third-order valence-electron chi connectivity index (χ3n) is 11.1. The number of carboxylic acids is 1. The summed E-state index contributed by atoms with van der Waals surface area (Å²) in [6.45, 7) is 23.2. The van der Waals surface area contributed by atoms with Gasteiger partial charge in [0.2, 0.25) is 0 Å². The molecule has 4 aliphatic rings. The molecule has 0 radical (unpaired) electrons. The fourth-order valence-corrected chi connectivity index (χ4v) is 8.74. The zero-order valence-corrected chi connectivity index (χ0v) is 28.1. The minimum atomic E-state index is -0.833. The van der Waals surface area contributed by atoms with Crippen LogP contribution in [0.25, 0.3) is 0 Å². The van der Waals surface area contributed by atoms with Crippen molar-refractivity contribution in [3.63, 3.8) is 0 Å². The average molecular weight is 588 g/mol. The number of carbonyl (C=O) groups excluding carboxylic acids is 1. The van der Waals surface area contributed by atoms with E-state index >= 15 is 0 Å². The van der Waals surface area contributed by atoms with Crippen molar-refractivity contribution >= 4 is 11.9 Å². The van der Waals surface area contributed by atoms with Crippen molar-refractivity contribution in [2.45, 2.75) is 139 Å². The SMILES string of the molecule is C=C(CCC[C@H]1CC=C2C3=C([C@@H](O)CCC21C)C1(C)CC[C@H](OC(=O)CN)C(C)(C)C1CC3)C(C)C.CC.CC(=O)O. The van der Waals surface area contributed by atoms with Crippen LogP contribution in [0.15, 0.2) is 34.9 Å². The number of carboxylic acid groups (broad SMARTS) is 1. The molecule has 0 aromatic heterocycles. The maximum absolute atomic E-state index is 12.1. The lowest BCUT2D eigenvalue weighted by Gasteiger charge is -2.58. The number of aliphatic hydroxyl groups excluding tert-OH is 1. The monoisotopic (exact) mass is 587 g/mol. The maximum Gasteiger partial charge on any atom is 0.319 e. The number of allylic oxidation sites excluding steroid dienone is 4. The summed E-state index contributed by atoms with van der Waals surface area (Å²) >= 11 is 0. The third kappa shape index (κ3) is 7.41. The third-order valence-corrected chi connectivity index (χ3v) is 11.1. The molecule has 0 amide bonds. The molecule has 6 heteroatoms. The summed E-state index contributed by atoms with van der Waals surface area (Å²) in [5.41, 5.74) is 11.2. The van der Waals surface area contributed by atoms with E-state index in [1.165, 1.54) is 29.6 Å². The van der Waals surface area contributed by atoms with E-state index in [1.807, 2.05) is 13.8 Å². The molecular formula is C36H61NO5. The summed E-state index contributed by atoms with van der Waals surface area (Å²) in [6.07, 6.45) is 12.6. The topological polar surface area (TPSA) is 110 Å². The Morgan fingerprint density at radius 2 is 1.69 bits per heavy atom. The molecular weight excluding hydrogens is 526 g/mol. The van der Waals surface area contributed by atoms with Gasteiger partial charge in [-0.05, 0) is 110 Å². The number of hydrogen-bond acceptors (Lipinski definition) is 5. The molecule has 0 saturated heterocycles. The fourth-order valence-electron chi connectivity index (χ4n) is 8.74.